The molecule has 3 N–H and O–H groups in total. The van der Waals surface area contributed by atoms with Crippen LogP contribution in [0.15, 0.2) is 18.2 Å². The van der Waals surface area contributed by atoms with Crippen molar-refractivity contribution < 1.29 is 24.2 Å². The summed E-state index contributed by atoms with van der Waals surface area (Å²) in [5.74, 6) is -0.737. The predicted octanol–water partition coefficient (Wildman–Crippen LogP) is 4.83. The zero-order valence-corrected chi connectivity index (χ0v) is 22.9. The highest BCUT2D eigenvalue weighted by Gasteiger charge is 2.39. The van der Waals surface area contributed by atoms with E-state index >= 15 is 0 Å². The predicted molar refractivity (Wildman–Crippen MR) is 138 cm³/mol. The maximum atomic E-state index is 14.0. The fourth-order valence-electron chi connectivity index (χ4n) is 3.73. The Balaban J connectivity index is 3.49. The first-order valence-electron chi connectivity index (χ1n) is 12.6. The van der Waals surface area contributed by atoms with Crippen molar-refractivity contribution in [2.24, 2.45) is 5.92 Å². The van der Waals surface area contributed by atoms with Gasteiger partial charge < -0.3 is 25.4 Å². The first kappa shape index (κ1) is 30.3. The van der Waals surface area contributed by atoms with E-state index < -0.39 is 23.8 Å². The fourth-order valence-corrected chi connectivity index (χ4v) is 3.73. The summed E-state index contributed by atoms with van der Waals surface area (Å²) in [6, 6.07) is 2.78. The zero-order chi connectivity index (χ0) is 26.9. The Labute approximate surface area is 210 Å². The number of unbranched alkanes of at least 4 members (excludes halogenated alkanes) is 1. The Kier molecular flexibility index (Phi) is 11.5. The number of aryl methyl sites for hydroxylation is 1. The summed E-state index contributed by atoms with van der Waals surface area (Å²) in [4.78, 5) is 41.6. The van der Waals surface area contributed by atoms with E-state index in [1.807, 2.05) is 34.6 Å². The second kappa shape index (κ2) is 13.4. The van der Waals surface area contributed by atoms with Crippen molar-refractivity contribution in [2.45, 2.75) is 105 Å². The molecule has 0 spiro atoms. The van der Waals surface area contributed by atoms with Crippen LogP contribution in [-0.4, -0.2) is 52.1 Å². The molecule has 0 aliphatic carbocycles. The van der Waals surface area contributed by atoms with E-state index in [0.29, 0.717) is 24.1 Å². The Morgan fingerprint density at radius 3 is 2.23 bits per heavy atom. The van der Waals surface area contributed by atoms with E-state index in [0.717, 1.165) is 12.8 Å². The average Bonchev–Trinajstić information content (AvgIpc) is 2.75. The maximum Gasteiger partial charge on any atom is 0.408 e. The second-order valence-electron chi connectivity index (χ2n) is 10.4. The molecular weight excluding hydrogens is 446 g/mol. The zero-order valence-electron chi connectivity index (χ0n) is 22.9. The molecule has 3 unspecified atom stereocenters. The SMILES string of the molecule is CCCCNC(=O)C(c1ccc(O)c(C)c1)N(C(=O)C(NC(=O)OC(C)(C)C)C(C)CC)C(C)C. The minimum atomic E-state index is -0.925. The van der Waals surface area contributed by atoms with Crippen molar-refractivity contribution in [3.63, 3.8) is 0 Å². The van der Waals surface area contributed by atoms with Gasteiger partial charge in [0.2, 0.25) is 11.8 Å². The lowest BCUT2D eigenvalue weighted by Gasteiger charge is -2.38. The van der Waals surface area contributed by atoms with Crippen molar-refractivity contribution >= 4 is 17.9 Å². The van der Waals surface area contributed by atoms with Crippen LogP contribution in [0.2, 0.25) is 0 Å². The van der Waals surface area contributed by atoms with E-state index in [4.69, 9.17) is 4.74 Å². The van der Waals surface area contributed by atoms with Crippen molar-refractivity contribution in [1.82, 2.24) is 15.5 Å². The summed E-state index contributed by atoms with van der Waals surface area (Å²) in [6.45, 7) is 17.1. The summed E-state index contributed by atoms with van der Waals surface area (Å²) in [7, 11) is 0. The lowest BCUT2D eigenvalue weighted by Crippen LogP contribution is -2.57. The molecule has 0 saturated heterocycles. The molecule has 3 atom stereocenters. The van der Waals surface area contributed by atoms with Crippen molar-refractivity contribution in [3.8, 4) is 5.75 Å². The number of alkyl carbamates (subject to hydrolysis) is 1. The van der Waals surface area contributed by atoms with Crippen LogP contribution >= 0.6 is 0 Å². The van der Waals surface area contributed by atoms with Crippen molar-refractivity contribution in [2.75, 3.05) is 6.54 Å². The highest BCUT2D eigenvalue weighted by molar-refractivity contribution is 5.92. The van der Waals surface area contributed by atoms with Gasteiger partial charge in [-0.3, -0.25) is 9.59 Å². The molecule has 1 aromatic rings. The molecule has 1 aromatic carbocycles. The third-order valence-corrected chi connectivity index (χ3v) is 5.85. The molecule has 0 radical (unpaired) electrons. The lowest BCUT2D eigenvalue weighted by atomic mass is 9.94. The number of ether oxygens (including phenoxy) is 1. The molecule has 8 heteroatoms. The van der Waals surface area contributed by atoms with Gasteiger partial charge in [-0.25, -0.2) is 4.79 Å². The number of carbonyl (C=O) groups excluding carboxylic acids is 3. The molecule has 198 valence electrons. The van der Waals surface area contributed by atoms with Crippen LogP contribution in [0.4, 0.5) is 4.79 Å². The molecule has 8 nitrogen and oxygen atoms in total. The van der Waals surface area contributed by atoms with Gasteiger partial charge in [0.15, 0.2) is 0 Å². The summed E-state index contributed by atoms with van der Waals surface area (Å²) < 4.78 is 5.41. The molecule has 0 aliphatic rings. The average molecular weight is 492 g/mol. The number of carbonyl (C=O) groups is 3. The van der Waals surface area contributed by atoms with Gasteiger partial charge in [0, 0.05) is 12.6 Å². The monoisotopic (exact) mass is 491 g/mol. The topological polar surface area (TPSA) is 108 Å². The number of phenols is 1. The van der Waals surface area contributed by atoms with Crippen molar-refractivity contribution in [1.29, 1.82) is 0 Å². The van der Waals surface area contributed by atoms with Crippen molar-refractivity contribution in [3.05, 3.63) is 29.3 Å². The third-order valence-electron chi connectivity index (χ3n) is 5.85. The summed E-state index contributed by atoms with van der Waals surface area (Å²) in [5.41, 5.74) is 0.489. The molecule has 0 bridgehead atoms. The number of nitrogens with zero attached hydrogens (tertiary/aromatic N) is 1. The minimum absolute atomic E-state index is 0.116. The first-order chi connectivity index (χ1) is 16.2. The van der Waals surface area contributed by atoms with Crippen LogP contribution in [0.3, 0.4) is 0 Å². The van der Waals surface area contributed by atoms with Gasteiger partial charge in [0.1, 0.15) is 23.4 Å². The number of hydrogen-bond acceptors (Lipinski definition) is 5. The van der Waals surface area contributed by atoms with Crippen LogP contribution in [0.5, 0.6) is 5.75 Å². The second-order valence-corrected chi connectivity index (χ2v) is 10.4. The number of nitrogens with one attached hydrogen (secondary N) is 2. The third kappa shape index (κ3) is 9.07. The molecule has 0 fully saturated rings. The Morgan fingerprint density at radius 2 is 1.74 bits per heavy atom. The molecule has 35 heavy (non-hydrogen) atoms. The largest absolute Gasteiger partial charge is 0.508 e. The standard InChI is InChI=1S/C27H45N3O5/c1-10-12-15-28-24(32)23(20-13-14-21(31)19(6)16-20)30(17(3)4)25(33)22(18(5)11-2)29-26(34)35-27(7,8)9/h13-14,16-18,22-23,31H,10-12,15H2,1-9H3,(H,28,32)(H,29,34). The summed E-state index contributed by atoms with van der Waals surface area (Å²) in [6.07, 6.45) is 1.71. The van der Waals surface area contributed by atoms with Gasteiger partial charge in [0.05, 0.1) is 0 Å². The van der Waals surface area contributed by atoms with E-state index in [9.17, 15) is 19.5 Å². The van der Waals surface area contributed by atoms with E-state index in [1.165, 1.54) is 11.0 Å². The van der Waals surface area contributed by atoms with Crippen LogP contribution in [0, 0.1) is 12.8 Å². The van der Waals surface area contributed by atoms with Gasteiger partial charge >= 0.3 is 6.09 Å². The lowest BCUT2D eigenvalue weighted by molar-refractivity contribution is -0.145. The van der Waals surface area contributed by atoms with E-state index in [1.54, 1.807) is 39.8 Å². The van der Waals surface area contributed by atoms with E-state index in [2.05, 4.69) is 10.6 Å². The summed E-state index contributed by atoms with van der Waals surface area (Å²) in [5, 5.41) is 15.7. The molecular formula is C27H45N3O5. The first-order valence-corrected chi connectivity index (χ1v) is 12.6. The normalized spacial score (nSPS) is 14.1. The van der Waals surface area contributed by atoms with Crippen LogP contribution in [0.1, 0.15) is 91.8 Å². The van der Waals surface area contributed by atoms with Gasteiger partial charge in [-0.1, -0.05) is 39.7 Å². The Hall–Kier alpha value is -2.77. The van der Waals surface area contributed by atoms with Gasteiger partial charge in [-0.05, 0) is 77.1 Å². The Morgan fingerprint density at radius 1 is 1.11 bits per heavy atom. The summed E-state index contributed by atoms with van der Waals surface area (Å²) >= 11 is 0. The van der Waals surface area contributed by atoms with Gasteiger partial charge in [0.25, 0.3) is 0 Å². The number of phenolic OH excluding ortho intramolecular Hbond substituents is 1. The maximum absolute atomic E-state index is 14.0. The quantitative estimate of drug-likeness (QED) is 0.384. The molecule has 0 aromatic heterocycles. The molecule has 0 heterocycles. The van der Waals surface area contributed by atoms with Gasteiger partial charge in [-0.15, -0.1) is 0 Å². The highest BCUT2D eigenvalue weighted by atomic mass is 16.6. The number of amides is 3. The number of aromatic hydroxyl groups is 1. The van der Waals surface area contributed by atoms with E-state index in [-0.39, 0.29) is 29.5 Å². The highest BCUT2D eigenvalue weighted by Crippen LogP contribution is 2.29. The molecule has 0 saturated carbocycles. The number of hydrogen-bond donors (Lipinski definition) is 3. The molecule has 0 aliphatic heterocycles. The smallest absolute Gasteiger partial charge is 0.408 e. The fraction of sp³-hybridized carbons (Fsp3) is 0.667. The van der Waals surface area contributed by atoms with Crippen LogP contribution in [0.25, 0.3) is 0 Å². The van der Waals surface area contributed by atoms with Crippen LogP contribution < -0.4 is 10.6 Å². The van der Waals surface area contributed by atoms with Crippen LogP contribution in [-0.2, 0) is 14.3 Å². The number of rotatable bonds is 11. The minimum Gasteiger partial charge on any atom is -0.508 e. The van der Waals surface area contributed by atoms with Gasteiger partial charge in [-0.2, -0.15) is 0 Å². The Bertz CT molecular complexity index is 863. The number of benzene rings is 1. The molecule has 3 amide bonds. The molecule has 1 rings (SSSR count).